The van der Waals surface area contributed by atoms with Gasteiger partial charge in [0.05, 0.1) is 0 Å². The van der Waals surface area contributed by atoms with Crippen molar-refractivity contribution in [2.24, 2.45) is 0 Å². The molecular weight excluding hydrogens is 212 g/mol. The van der Waals surface area contributed by atoms with Crippen LogP contribution in [0.1, 0.15) is 29.9 Å². The smallest absolute Gasteiger partial charge is 0.239 e. The molecule has 17 heavy (non-hydrogen) atoms. The first-order valence-electron chi connectivity index (χ1n) is 6.05. The second-order valence-electron chi connectivity index (χ2n) is 4.61. The molecule has 0 amide bonds. The van der Waals surface area contributed by atoms with Crippen LogP contribution in [-0.4, -0.2) is 14.8 Å². The Morgan fingerprint density at radius 3 is 3.06 bits per heavy atom. The maximum atomic E-state index is 5.54. The Hall–Kier alpha value is -1.84. The molecule has 0 radical (unpaired) electrons. The number of nitrogen functional groups attached to an aromatic ring is 1. The third-order valence-corrected chi connectivity index (χ3v) is 3.46. The van der Waals surface area contributed by atoms with Crippen molar-refractivity contribution in [3.05, 3.63) is 41.7 Å². The van der Waals surface area contributed by atoms with Gasteiger partial charge in [-0.2, -0.15) is 0 Å². The molecule has 1 unspecified atom stereocenters. The Balaban J connectivity index is 1.85. The second kappa shape index (κ2) is 4.20. The number of aryl methyl sites for hydroxylation is 1. The minimum absolute atomic E-state index is 0.356. The zero-order valence-electron chi connectivity index (χ0n) is 9.71. The maximum Gasteiger partial charge on any atom is 0.239 e. The van der Waals surface area contributed by atoms with E-state index in [2.05, 4.69) is 34.3 Å². The molecule has 1 atom stereocenters. The summed E-state index contributed by atoms with van der Waals surface area (Å²) in [5.41, 5.74) is 8.48. The van der Waals surface area contributed by atoms with Gasteiger partial charge in [-0.05, 0) is 30.4 Å². The van der Waals surface area contributed by atoms with Crippen molar-refractivity contribution in [1.29, 1.82) is 0 Å². The van der Waals surface area contributed by atoms with E-state index < -0.39 is 0 Å². The van der Waals surface area contributed by atoms with Gasteiger partial charge in [0.1, 0.15) is 6.33 Å². The van der Waals surface area contributed by atoms with Crippen molar-refractivity contribution >= 4 is 5.95 Å². The van der Waals surface area contributed by atoms with Crippen molar-refractivity contribution in [1.82, 2.24) is 14.8 Å². The molecule has 0 fully saturated rings. The Kier molecular flexibility index (Phi) is 2.55. The Labute approximate surface area is 100 Å². The van der Waals surface area contributed by atoms with Gasteiger partial charge < -0.3 is 5.73 Å². The number of hydrogen-bond acceptors (Lipinski definition) is 3. The predicted molar refractivity (Wildman–Crippen MR) is 66.6 cm³/mol. The van der Waals surface area contributed by atoms with E-state index in [-0.39, 0.29) is 0 Å². The standard InChI is InChI=1S/C13H16N4/c14-13-15-9-17(16-13)8-11-6-3-5-10-4-1-2-7-12(10)11/h1-2,4,7,9,11H,3,5-6,8H2,(H2,14,16). The van der Waals surface area contributed by atoms with Gasteiger partial charge in [0.2, 0.25) is 5.95 Å². The van der Waals surface area contributed by atoms with Crippen LogP contribution < -0.4 is 5.73 Å². The molecule has 4 nitrogen and oxygen atoms in total. The van der Waals surface area contributed by atoms with Crippen LogP contribution in [0.15, 0.2) is 30.6 Å². The third kappa shape index (κ3) is 2.02. The lowest BCUT2D eigenvalue weighted by Gasteiger charge is -2.25. The molecule has 0 bridgehead atoms. The number of hydrogen-bond donors (Lipinski definition) is 1. The van der Waals surface area contributed by atoms with Crippen molar-refractivity contribution in [3.8, 4) is 0 Å². The summed E-state index contributed by atoms with van der Waals surface area (Å²) in [6.07, 6.45) is 5.39. The van der Waals surface area contributed by atoms with E-state index in [9.17, 15) is 0 Å². The van der Waals surface area contributed by atoms with E-state index in [1.807, 2.05) is 4.68 Å². The minimum atomic E-state index is 0.356. The molecule has 88 valence electrons. The highest BCUT2D eigenvalue weighted by Gasteiger charge is 2.20. The molecule has 3 rings (SSSR count). The summed E-state index contributed by atoms with van der Waals surface area (Å²) in [4.78, 5) is 3.97. The molecular formula is C13H16N4. The summed E-state index contributed by atoms with van der Waals surface area (Å²) in [7, 11) is 0. The highest BCUT2D eigenvalue weighted by atomic mass is 15.4. The molecule has 2 N–H and O–H groups in total. The topological polar surface area (TPSA) is 56.7 Å². The highest BCUT2D eigenvalue weighted by Crippen LogP contribution is 2.32. The average Bonchev–Trinajstić information content (AvgIpc) is 2.75. The number of rotatable bonds is 2. The van der Waals surface area contributed by atoms with Gasteiger partial charge >= 0.3 is 0 Å². The molecule has 1 aromatic heterocycles. The summed E-state index contributed by atoms with van der Waals surface area (Å²) < 4.78 is 1.85. The van der Waals surface area contributed by atoms with Gasteiger partial charge in [0.15, 0.2) is 0 Å². The summed E-state index contributed by atoms with van der Waals surface area (Å²) in [5.74, 6) is 0.898. The van der Waals surface area contributed by atoms with Crippen molar-refractivity contribution < 1.29 is 0 Å². The van der Waals surface area contributed by atoms with Crippen LogP contribution in [0.4, 0.5) is 5.95 Å². The third-order valence-electron chi connectivity index (χ3n) is 3.46. The molecule has 0 saturated carbocycles. The fraction of sp³-hybridized carbons (Fsp3) is 0.385. The number of fused-ring (bicyclic) bond motifs is 1. The number of aromatic nitrogens is 3. The molecule has 4 heteroatoms. The molecule has 0 saturated heterocycles. The number of anilines is 1. The lowest BCUT2D eigenvalue weighted by molar-refractivity contribution is 0.457. The first-order valence-corrected chi connectivity index (χ1v) is 6.05. The van der Waals surface area contributed by atoms with Gasteiger partial charge in [0.25, 0.3) is 0 Å². The molecule has 1 heterocycles. The summed E-state index contributed by atoms with van der Waals surface area (Å²) in [6, 6.07) is 8.71. The summed E-state index contributed by atoms with van der Waals surface area (Å²) in [5, 5.41) is 4.16. The van der Waals surface area contributed by atoms with E-state index in [0.29, 0.717) is 11.9 Å². The second-order valence-corrected chi connectivity index (χ2v) is 4.61. The van der Waals surface area contributed by atoms with Gasteiger partial charge in [-0.3, -0.25) is 4.68 Å². The quantitative estimate of drug-likeness (QED) is 0.855. The molecule has 1 aliphatic carbocycles. The van der Waals surface area contributed by atoms with Gasteiger partial charge in [-0.1, -0.05) is 24.3 Å². The Bertz CT molecular complexity index is 518. The number of benzene rings is 1. The van der Waals surface area contributed by atoms with Crippen LogP contribution in [0, 0.1) is 0 Å². The molecule has 1 aliphatic rings. The predicted octanol–water partition coefficient (Wildman–Crippen LogP) is 1.98. The molecule has 0 aliphatic heterocycles. The van der Waals surface area contributed by atoms with Crippen molar-refractivity contribution in [2.75, 3.05) is 5.73 Å². The van der Waals surface area contributed by atoms with Crippen LogP contribution >= 0.6 is 0 Å². The van der Waals surface area contributed by atoms with Crippen molar-refractivity contribution in [2.45, 2.75) is 31.7 Å². The molecule has 2 aromatic rings. The van der Waals surface area contributed by atoms with E-state index in [4.69, 9.17) is 5.73 Å². The van der Waals surface area contributed by atoms with Crippen LogP contribution in [0.25, 0.3) is 0 Å². The van der Waals surface area contributed by atoms with Crippen LogP contribution in [0.5, 0.6) is 0 Å². The fourth-order valence-corrected chi connectivity index (χ4v) is 2.67. The van der Waals surface area contributed by atoms with E-state index in [1.54, 1.807) is 6.33 Å². The lowest BCUT2D eigenvalue weighted by Crippen LogP contribution is -2.16. The normalized spacial score (nSPS) is 18.9. The Morgan fingerprint density at radius 2 is 2.24 bits per heavy atom. The van der Waals surface area contributed by atoms with Crippen LogP contribution in [-0.2, 0) is 13.0 Å². The van der Waals surface area contributed by atoms with Crippen LogP contribution in [0.2, 0.25) is 0 Å². The van der Waals surface area contributed by atoms with E-state index >= 15 is 0 Å². The number of nitrogens with two attached hydrogens (primary N) is 1. The monoisotopic (exact) mass is 228 g/mol. The van der Waals surface area contributed by atoms with E-state index in [0.717, 1.165) is 6.54 Å². The van der Waals surface area contributed by atoms with Gasteiger partial charge in [-0.15, -0.1) is 5.10 Å². The molecule has 1 aromatic carbocycles. The summed E-state index contributed by atoms with van der Waals surface area (Å²) in [6.45, 7) is 0.876. The number of nitrogens with zero attached hydrogens (tertiary/aromatic N) is 3. The lowest BCUT2D eigenvalue weighted by atomic mass is 9.83. The average molecular weight is 228 g/mol. The zero-order chi connectivity index (χ0) is 11.7. The van der Waals surface area contributed by atoms with Crippen LogP contribution in [0.3, 0.4) is 0 Å². The minimum Gasteiger partial charge on any atom is -0.367 e. The highest BCUT2D eigenvalue weighted by molar-refractivity contribution is 5.32. The zero-order valence-corrected chi connectivity index (χ0v) is 9.71. The van der Waals surface area contributed by atoms with Gasteiger partial charge in [-0.25, -0.2) is 4.98 Å². The molecule has 0 spiro atoms. The van der Waals surface area contributed by atoms with Crippen molar-refractivity contribution in [3.63, 3.8) is 0 Å². The fourth-order valence-electron chi connectivity index (χ4n) is 2.67. The largest absolute Gasteiger partial charge is 0.367 e. The Morgan fingerprint density at radius 1 is 1.35 bits per heavy atom. The first kappa shape index (κ1) is 10.3. The SMILES string of the molecule is Nc1ncn(CC2CCCc3ccccc32)n1. The maximum absolute atomic E-state index is 5.54. The van der Waals surface area contributed by atoms with E-state index in [1.165, 1.54) is 30.4 Å². The first-order chi connectivity index (χ1) is 8.33. The summed E-state index contributed by atoms with van der Waals surface area (Å²) >= 11 is 0. The van der Waals surface area contributed by atoms with Gasteiger partial charge in [0, 0.05) is 12.5 Å².